The fourth-order valence-corrected chi connectivity index (χ4v) is 4.13. The average Bonchev–Trinajstić information content (AvgIpc) is 2.82. The topological polar surface area (TPSA) is 96.7 Å². The third-order valence-corrected chi connectivity index (χ3v) is 6.49. The van der Waals surface area contributed by atoms with Crippen molar-refractivity contribution in [1.29, 1.82) is 5.26 Å². The molecule has 0 bridgehead atoms. The Morgan fingerprint density at radius 2 is 1.78 bits per heavy atom. The number of methoxy groups -OCH3 is 1. The van der Waals surface area contributed by atoms with Crippen LogP contribution in [0.15, 0.2) is 71.6 Å². The second kappa shape index (κ2) is 9.49. The molecular weight excluding hydrogens is 435 g/mol. The van der Waals surface area contributed by atoms with Crippen molar-refractivity contribution in [2.24, 2.45) is 0 Å². The quantitative estimate of drug-likeness (QED) is 0.503. The average molecular weight is 454 g/mol. The minimum atomic E-state index is -3.91. The van der Waals surface area contributed by atoms with E-state index in [1.165, 1.54) is 50.6 Å². The predicted octanol–water partition coefficient (Wildman–Crippen LogP) is 3.89. The van der Waals surface area contributed by atoms with Gasteiger partial charge in [-0.3, -0.25) is 4.31 Å². The van der Waals surface area contributed by atoms with Crippen LogP contribution in [-0.2, 0) is 21.4 Å². The summed E-state index contributed by atoms with van der Waals surface area (Å²) in [7, 11) is -1.07. The first-order valence-corrected chi connectivity index (χ1v) is 10.8. The fraction of sp³-hybridized carbons (Fsp3) is 0.130. The summed E-state index contributed by atoms with van der Waals surface area (Å²) in [5.41, 5.74) is 0.766. The Balaban J connectivity index is 1.75. The highest BCUT2D eigenvalue weighted by Gasteiger charge is 2.24. The second-order valence-corrected chi connectivity index (χ2v) is 8.63. The number of sulfonamides is 1. The molecular formula is C23H19FN2O5S. The zero-order chi connectivity index (χ0) is 23.3. The van der Waals surface area contributed by atoms with Gasteiger partial charge in [0.05, 0.1) is 34.9 Å². The Kier molecular flexibility index (Phi) is 6.76. The molecule has 0 saturated heterocycles. The van der Waals surface area contributed by atoms with E-state index in [4.69, 9.17) is 14.7 Å². The lowest BCUT2D eigenvalue weighted by atomic mass is 10.1. The summed E-state index contributed by atoms with van der Waals surface area (Å²) in [6.07, 6.45) is 0. The van der Waals surface area contributed by atoms with Crippen molar-refractivity contribution < 1.29 is 27.1 Å². The van der Waals surface area contributed by atoms with E-state index in [1.807, 2.05) is 6.07 Å². The van der Waals surface area contributed by atoms with Gasteiger partial charge < -0.3 is 9.47 Å². The molecule has 3 rings (SSSR count). The Morgan fingerprint density at radius 1 is 1.09 bits per heavy atom. The molecule has 0 aliphatic carbocycles. The molecule has 3 aromatic rings. The number of ether oxygens (including phenoxy) is 2. The first-order valence-electron chi connectivity index (χ1n) is 9.35. The standard InChI is InChI=1S/C23H19FN2O5S/c1-26(21-5-3-4-6-22(21)30-2)32(28,29)19-10-8-17(9-11-19)23(27)31-15-18-13-16(14-25)7-12-20(18)24/h3-13H,15H2,1-2H3. The van der Waals surface area contributed by atoms with Crippen LogP contribution in [0.3, 0.4) is 0 Å². The largest absolute Gasteiger partial charge is 0.495 e. The van der Waals surface area contributed by atoms with Crippen LogP contribution in [0, 0.1) is 17.1 Å². The van der Waals surface area contributed by atoms with Gasteiger partial charge in [0.2, 0.25) is 0 Å². The third-order valence-electron chi connectivity index (χ3n) is 4.71. The van der Waals surface area contributed by atoms with Crippen molar-refractivity contribution >= 4 is 21.7 Å². The van der Waals surface area contributed by atoms with E-state index in [1.54, 1.807) is 24.3 Å². The van der Waals surface area contributed by atoms with Gasteiger partial charge >= 0.3 is 5.97 Å². The zero-order valence-electron chi connectivity index (χ0n) is 17.3. The summed E-state index contributed by atoms with van der Waals surface area (Å²) in [6, 6.07) is 17.5. The van der Waals surface area contributed by atoms with Crippen LogP contribution in [-0.4, -0.2) is 28.5 Å². The summed E-state index contributed by atoms with van der Waals surface area (Å²) < 4.78 is 51.2. The molecule has 32 heavy (non-hydrogen) atoms. The number of anilines is 1. The lowest BCUT2D eigenvalue weighted by Crippen LogP contribution is -2.27. The van der Waals surface area contributed by atoms with Crippen molar-refractivity contribution in [2.45, 2.75) is 11.5 Å². The summed E-state index contributed by atoms with van der Waals surface area (Å²) >= 11 is 0. The smallest absolute Gasteiger partial charge is 0.338 e. The highest BCUT2D eigenvalue weighted by molar-refractivity contribution is 7.92. The van der Waals surface area contributed by atoms with Crippen molar-refractivity contribution in [3.05, 3.63) is 89.2 Å². The van der Waals surface area contributed by atoms with Gasteiger partial charge in [-0.1, -0.05) is 12.1 Å². The van der Waals surface area contributed by atoms with Gasteiger partial charge in [-0.2, -0.15) is 5.26 Å². The number of carbonyl (C=O) groups excluding carboxylic acids is 1. The number of nitriles is 1. The third kappa shape index (κ3) is 4.71. The molecule has 0 aliphatic heterocycles. The fourth-order valence-electron chi connectivity index (χ4n) is 2.92. The van der Waals surface area contributed by atoms with Gasteiger partial charge in [0.25, 0.3) is 10.0 Å². The minimum Gasteiger partial charge on any atom is -0.495 e. The molecule has 0 aromatic heterocycles. The molecule has 7 nitrogen and oxygen atoms in total. The van der Waals surface area contributed by atoms with Crippen LogP contribution in [0.2, 0.25) is 0 Å². The molecule has 9 heteroatoms. The van der Waals surface area contributed by atoms with Crippen LogP contribution >= 0.6 is 0 Å². The summed E-state index contributed by atoms with van der Waals surface area (Å²) in [5.74, 6) is -0.960. The molecule has 0 fully saturated rings. The Labute approximate surface area is 185 Å². The van der Waals surface area contributed by atoms with Gasteiger partial charge in [0.15, 0.2) is 0 Å². The molecule has 0 amide bonds. The van der Waals surface area contributed by atoms with Gasteiger partial charge in [0, 0.05) is 12.6 Å². The molecule has 3 aromatic carbocycles. The van der Waals surface area contributed by atoms with Crippen LogP contribution in [0.5, 0.6) is 5.75 Å². The number of benzene rings is 3. The van der Waals surface area contributed by atoms with E-state index in [-0.39, 0.29) is 28.2 Å². The van der Waals surface area contributed by atoms with Crippen molar-refractivity contribution in [1.82, 2.24) is 0 Å². The first-order chi connectivity index (χ1) is 15.3. The highest BCUT2D eigenvalue weighted by atomic mass is 32.2. The monoisotopic (exact) mass is 454 g/mol. The Bertz CT molecular complexity index is 1280. The first kappa shape index (κ1) is 22.8. The molecule has 0 saturated carbocycles. The summed E-state index contributed by atoms with van der Waals surface area (Å²) in [4.78, 5) is 12.3. The van der Waals surface area contributed by atoms with Gasteiger partial charge in [-0.25, -0.2) is 17.6 Å². The predicted molar refractivity (Wildman–Crippen MR) is 115 cm³/mol. The molecule has 0 atom stereocenters. The number of hydrogen-bond donors (Lipinski definition) is 0. The number of esters is 1. The van der Waals surface area contributed by atoms with Gasteiger partial charge in [-0.15, -0.1) is 0 Å². The zero-order valence-corrected chi connectivity index (χ0v) is 18.1. The molecule has 0 spiro atoms. The van der Waals surface area contributed by atoms with E-state index in [0.29, 0.717) is 11.4 Å². The second-order valence-electron chi connectivity index (χ2n) is 6.66. The van der Waals surface area contributed by atoms with Crippen LogP contribution in [0.1, 0.15) is 21.5 Å². The molecule has 0 heterocycles. The Hall–Kier alpha value is -3.90. The van der Waals surface area contributed by atoms with Gasteiger partial charge in [-0.05, 0) is 54.6 Å². The molecule has 0 N–H and O–H groups in total. The number of halogens is 1. The van der Waals surface area contributed by atoms with Crippen molar-refractivity contribution in [2.75, 3.05) is 18.5 Å². The number of rotatable bonds is 7. The van der Waals surface area contributed by atoms with Crippen LogP contribution in [0.25, 0.3) is 0 Å². The molecule has 0 aliphatic rings. The number of nitrogens with zero attached hydrogens (tertiary/aromatic N) is 2. The Morgan fingerprint density at radius 3 is 2.44 bits per heavy atom. The van der Waals surface area contributed by atoms with E-state index < -0.39 is 21.8 Å². The van der Waals surface area contributed by atoms with Crippen LogP contribution in [0.4, 0.5) is 10.1 Å². The molecule has 0 unspecified atom stereocenters. The number of hydrogen-bond acceptors (Lipinski definition) is 6. The lowest BCUT2D eigenvalue weighted by Gasteiger charge is -2.21. The van der Waals surface area contributed by atoms with E-state index in [0.717, 1.165) is 10.4 Å². The molecule has 0 radical (unpaired) electrons. The molecule has 164 valence electrons. The van der Waals surface area contributed by atoms with Crippen LogP contribution < -0.4 is 9.04 Å². The van der Waals surface area contributed by atoms with E-state index >= 15 is 0 Å². The maximum Gasteiger partial charge on any atom is 0.338 e. The minimum absolute atomic E-state index is 0.0322. The maximum absolute atomic E-state index is 13.8. The highest BCUT2D eigenvalue weighted by Crippen LogP contribution is 2.30. The number of para-hydroxylation sites is 2. The summed E-state index contributed by atoms with van der Waals surface area (Å²) in [6.45, 7) is -0.364. The van der Waals surface area contributed by atoms with Gasteiger partial charge in [0.1, 0.15) is 18.2 Å². The number of carbonyl (C=O) groups is 1. The normalized spacial score (nSPS) is 10.8. The van der Waals surface area contributed by atoms with E-state index in [9.17, 15) is 17.6 Å². The van der Waals surface area contributed by atoms with Crippen molar-refractivity contribution in [3.8, 4) is 11.8 Å². The van der Waals surface area contributed by atoms with E-state index in [2.05, 4.69) is 0 Å². The SMILES string of the molecule is COc1ccccc1N(C)S(=O)(=O)c1ccc(C(=O)OCc2cc(C#N)ccc2F)cc1. The maximum atomic E-state index is 13.8. The van der Waals surface area contributed by atoms with Crippen molar-refractivity contribution in [3.63, 3.8) is 0 Å². The lowest BCUT2D eigenvalue weighted by molar-refractivity contribution is 0.0469. The summed E-state index contributed by atoms with van der Waals surface area (Å²) in [5, 5.41) is 8.90.